The first-order valence-corrected chi connectivity index (χ1v) is 10.5. The molecular weight excluding hydrogens is 434 g/mol. The Balaban J connectivity index is 1.62. The molecule has 1 atom stereocenters. The molecule has 32 heavy (non-hydrogen) atoms. The molecule has 1 saturated heterocycles. The lowest BCUT2D eigenvalue weighted by atomic mass is 10.1. The highest BCUT2D eigenvalue weighted by Crippen LogP contribution is 2.23. The number of carbonyl (C=O) groups is 4. The predicted octanol–water partition coefficient (Wildman–Crippen LogP) is 2.86. The Kier molecular flexibility index (Phi) is 7.67. The van der Waals surface area contributed by atoms with E-state index >= 15 is 0 Å². The molecule has 0 saturated carbocycles. The maximum absolute atomic E-state index is 12.7. The number of nitrogens with two attached hydrogens (primary N) is 1. The molecule has 0 aromatic heterocycles. The van der Waals surface area contributed by atoms with Crippen LogP contribution in [0.4, 0.5) is 21.9 Å². The minimum Gasteiger partial charge on any atom is -0.370 e. The molecule has 1 fully saturated rings. The fourth-order valence-corrected chi connectivity index (χ4v) is 3.43. The highest BCUT2D eigenvalue weighted by molar-refractivity contribution is 6.30. The molecular formula is C22H24ClN5O4. The van der Waals surface area contributed by atoms with Gasteiger partial charge < -0.3 is 26.6 Å². The summed E-state index contributed by atoms with van der Waals surface area (Å²) in [7, 11) is 0. The van der Waals surface area contributed by atoms with E-state index in [1.165, 1.54) is 0 Å². The average Bonchev–Trinajstić information content (AvgIpc) is 2.75. The van der Waals surface area contributed by atoms with E-state index in [4.69, 9.17) is 17.3 Å². The third kappa shape index (κ3) is 6.45. The van der Waals surface area contributed by atoms with E-state index < -0.39 is 23.9 Å². The number of primary amides is 1. The van der Waals surface area contributed by atoms with Gasteiger partial charge >= 0.3 is 6.03 Å². The Labute approximate surface area is 190 Å². The van der Waals surface area contributed by atoms with Gasteiger partial charge in [-0.15, -0.1) is 0 Å². The lowest BCUT2D eigenvalue weighted by molar-refractivity contribution is -0.123. The third-order valence-corrected chi connectivity index (χ3v) is 5.15. The van der Waals surface area contributed by atoms with Gasteiger partial charge in [0, 0.05) is 35.1 Å². The van der Waals surface area contributed by atoms with Gasteiger partial charge in [0.25, 0.3) is 0 Å². The molecule has 0 aliphatic carbocycles. The van der Waals surface area contributed by atoms with Crippen molar-refractivity contribution >= 4 is 52.4 Å². The molecule has 10 heteroatoms. The first-order valence-electron chi connectivity index (χ1n) is 10.1. The minimum atomic E-state index is -1.18. The number of anilines is 3. The lowest BCUT2D eigenvalue weighted by Crippen LogP contribution is -2.47. The number of benzene rings is 2. The van der Waals surface area contributed by atoms with Gasteiger partial charge in [-0.1, -0.05) is 11.6 Å². The highest BCUT2D eigenvalue weighted by Gasteiger charge is 2.24. The van der Waals surface area contributed by atoms with E-state index in [1.54, 1.807) is 53.4 Å². The van der Waals surface area contributed by atoms with Crippen LogP contribution in [0.15, 0.2) is 48.5 Å². The summed E-state index contributed by atoms with van der Waals surface area (Å²) < 4.78 is 0. The van der Waals surface area contributed by atoms with Gasteiger partial charge in [-0.05, 0) is 61.4 Å². The summed E-state index contributed by atoms with van der Waals surface area (Å²) in [5.41, 5.74) is 6.92. The minimum absolute atomic E-state index is 0.0745. The second-order valence-corrected chi connectivity index (χ2v) is 7.80. The number of piperidine rings is 1. The standard InChI is InChI=1S/C22H24ClN5O4/c23-14-4-6-16(7-5-14)26-22(32)27-18(13-19(24)29)21(31)25-15-8-10-17(11-9-15)28-12-2-1-3-20(28)30/h4-11,18H,1-3,12-13H2,(H2,24,29)(H,25,31)(H2,26,27,32). The highest BCUT2D eigenvalue weighted by atomic mass is 35.5. The Morgan fingerprint density at radius 1 is 0.969 bits per heavy atom. The van der Waals surface area contributed by atoms with Crippen LogP contribution >= 0.6 is 11.6 Å². The number of hydrogen-bond donors (Lipinski definition) is 4. The van der Waals surface area contributed by atoms with Crippen molar-refractivity contribution in [2.24, 2.45) is 5.73 Å². The van der Waals surface area contributed by atoms with E-state index in [1.807, 2.05) is 0 Å². The number of amides is 5. The number of rotatable bonds is 7. The van der Waals surface area contributed by atoms with Crippen LogP contribution in [-0.4, -0.2) is 36.3 Å². The van der Waals surface area contributed by atoms with Gasteiger partial charge in [0.15, 0.2) is 0 Å². The number of halogens is 1. The molecule has 0 spiro atoms. The maximum atomic E-state index is 12.7. The second-order valence-electron chi connectivity index (χ2n) is 7.37. The van der Waals surface area contributed by atoms with Gasteiger partial charge in [0.05, 0.1) is 6.42 Å². The number of carbonyl (C=O) groups excluding carboxylic acids is 4. The third-order valence-electron chi connectivity index (χ3n) is 4.90. The summed E-state index contributed by atoms with van der Waals surface area (Å²) in [4.78, 5) is 50.1. The zero-order chi connectivity index (χ0) is 23.1. The van der Waals surface area contributed by atoms with Crippen molar-refractivity contribution in [1.82, 2.24) is 5.32 Å². The smallest absolute Gasteiger partial charge is 0.319 e. The molecule has 1 unspecified atom stereocenters. The first-order chi connectivity index (χ1) is 15.3. The summed E-state index contributed by atoms with van der Waals surface area (Å²) in [5, 5.41) is 8.18. The van der Waals surface area contributed by atoms with Gasteiger partial charge in [0.2, 0.25) is 17.7 Å². The first kappa shape index (κ1) is 23.1. The lowest BCUT2D eigenvalue weighted by Gasteiger charge is -2.27. The molecule has 3 rings (SSSR count). The molecule has 1 aliphatic rings. The number of nitrogens with one attached hydrogen (secondary N) is 3. The van der Waals surface area contributed by atoms with Crippen LogP contribution in [0.5, 0.6) is 0 Å². The largest absolute Gasteiger partial charge is 0.370 e. The van der Waals surface area contributed by atoms with E-state index in [-0.39, 0.29) is 12.3 Å². The molecule has 2 aromatic rings. The zero-order valence-corrected chi connectivity index (χ0v) is 18.0. The van der Waals surface area contributed by atoms with Crippen molar-refractivity contribution in [1.29, 1.82) is 0 Å². The summed E-state index contributed by atoms with van der Waals surface area (Å²) >= 11 is 5.82. The van der Waals surface area contributed by atoms with Crippen LogP contribution in [0, 0.1) is 0 Å². The van der Waals surface area contributed by atoms with Gasteiger partial charge in [-0.2, -0.15) is 0 Å². The number of urea groups is 1. The molecule has 2 aromatic carbocycles. The summed E-state index contributed by atoms with van der Waals surface area (Å²) in [5.74, 6) is -1.27. The van der Waals surface area contributed by atoms with Crippen LogP contribution in [-0.2, 0) is 14.4 Å². The molecule has 0 bridgehead atoms. The summed E-state index contributed by atoms with van der Waals surface area (Å²) in [6.45, 7) is 0.665. The number of nitrogens with zero attached hydrogens (tertiary/aromatic N) is 1. The van der Waals surface area contributed by atoms with E-state index in [2.05, 4.69) is 16.0 Å². The van der Waals surface area contributed by atoms with Crippen LogP contribution in [0.2, 0.25) is 5.02 Å². The van der Waals surface area contributed by atoms with Crippen LogP contribution in [0.1, 0.15) is 25.7 Å². The molecule has 168 valence electrons. The quantitative estimate of drug-likeness (QED) is 0.508. The van der Waals surface area contributed by atoms with Crippen molar-refractivity contribution in [3.05, 3.63) is 53.6 Å². The fourth-order valence-electron chi connectivity index (χ4n) is 3.30. The van der Waals surface area contributed by atoms with Crippen molar-refractivity contribution < 1.29 is 19.2 Å². The van der Waals surface area contributed by atoms with Crippen molar-refractivity contribution in [2.45, 2.75) is 31.7 Å². The van der Waals surface area contributed by atoms with Crippen molar-refractivity contribution in [3.63, 3.8) is 0 Å². The second kappa shape index (κ2) is 10.6. The van der Waals surface area contributed by atoms with Crippen LogP contribution < -0.4 is 26.6 Å². The molecule has 0 radical (unpaired) electrons. The predicted molar refractivity (Wildman–Crippen MR) is 122 cm³/mol. The Morgan fingerprint density at radius 2 is 1.59 bits per heavy atom. The SMILES string of the molecule is NC(=O)CC(NC(=O)Nc1ccc(Cl)cc1)C(=O)Nc1ccc(N2CCCCC2=O)cc1. The Hall–Kier alpha value is -3.59. The molecule has 1 aliphatic heterocycles. The van der Waals surface area contributed by atoms with Gasteiger partial charge in [-0.3, -0.25) is 14.4 Å². The molecule has 5 amide bonds. The average molecular weight is 458 g/mol. The van der Waals surface area contributed by atoms with Gasteiger partial charge in [-0.25, -0.2) is 4.79 Å². The summed E-state index contributed by atoms with van der Waals surface area (Å²) in [6, 6.07) is 11.3. The fraction of sp³-hybridized carbons (Fsp3) is 0.273. The van der Waals surface area contributed by atoms with Crippen molar-refractivity contribution in [3.8, 4) is 0 Å². The van der Waals surface area contributed by atoms with E-state index in [0.29, 0.717) is 29.4 Å². The van der Waals surface area contributed by atoms with Gasteiger partial charge in [0.1, 0.15) is 6.04 Å². The summed E-state index contributed by atoms with van der Waals surface area (Å²) in [6.07, 6.45) is 1.99. The number of hydrogen-bond acceptors (Lipinski definition) is 4. The normalized spacial score (nSPS) is 14.4. The van der Waals surface area contributed by atoms with E-state index in [0.717, 1.165) is 18.5 Å². The Bertz CT molecular complexity index is 994. The van der Waals surface area contributed by atoms with E-state index in [9.17, 15) is 19.2 Å². The Morgan fingerprint density at radius 3 is 2.22 bits per heavy atom. The zero-order valence-electron chi connectivity index (χ0n) is 17.3. The molecule has 5 N–H and O–H groups in total. The van der Waals surface area contributed by atoms with Crippen LogP contribution in [0.3, 0.4) is 0 Å². The monoisotopic (exact) mass is 457 g/mol. The maximum Gasteiger partial charge on any atom is 0.319 e. The van der Waals surface area contributed by atoms with Crippen LogP contribution in [0.25, 0.3) is 0 Å². The topological polar surface area (TPSA) is 134 Å². The van der Waals surface area contributed by atoms with Crippen molar-refractivity contribution in [2.75, 3.05) is 22.1 Å². The molecule has 1 heterocycles. The molecule has 9 nitrogen and oxygen atoms in total.